The molecular formula is C24H24Si. The fourth-order valence-corrected chi connectivity index (χ4v) is 5.73. The number of hydrogen-bond donors (Lipinski definition) is 0. The Labute approximate surface area is 152 Å². The van der Waals surface area contributed by atoms with E-state index in [4.69, 9.17) is 0 Å². The van der Waals surface area contributed by atoms with Gasteiger partial charge in [0.1, 0.15) is 0 Å². The molecule has 25 heavy (non-hydrogen) atoms. The summed E-state index contributed by atoms with van der Waals surface area (Å²) in [4.78, 5) is 0. The van der Waals surface area contributed by atoms with Crippen LogP contribution in [0.4, 0.5) is 0 Å². The molecule has 1 aliphatic carbocycles. The Morgan fingerprint density at radius 1 is 0.720 bits per heavy atom. The number of hydrogen-bond acceptors (Lipinski definition) is 0. The minimum atomic E-state index is -0.509. The molecule has 0 fully saturated rings. The van der Waals surface area contributed by atoms with E-state index in [1.54, 1.807) is 10.7 Å². The Morgan fingerprint density at radius 2 is 1.36 bits per heavy atom. The Kier molecular flexibility index (Phi) is 4.05. The summed E-state index contributed by atoms with van der Waals surface area (Å²) in [5.74, 6) is 0.572. The van der Waals surface area contributed by atoms with Crippen LogP contribution in [0.3, 0.4) is 0 Å². The lowest BCUT2D eigenvalue weighted by atomic mass is 9.93. The molecule has 0 saturated heterocycles. The summed E-state index contributed by atoms with van der Waals surface area (Å²) in [6.45, 7) is 9.46. The van der Waals surface area contributed by atoms with Crippen molar-refractivity contribution in [1.29, 1.82) is 0 Å². The molecule has 3 aromatic carbocycles. The van der Waals surface area contributed by atoms with Crippen molar-refractivity contribution in [2.75, 3.05) is 0 Å². The Morgan fingerprint density at radius 3 is 2.12 bits per heavy atom. The summed E-state index contributed by atoms with van der Waals surface area (Å²) in [5.41, 5.74) is 7.14. The molecule has 0 N–H and O–H groups in total. The third-order valence-electron chi connectivity index (χ3n) is 5.17. The molecule has 0 aromatic heterocycles. The first kappa shape index (κ1) is 16.2. The van der Waals surface area contributed by atoms with Gasteiger partial charge in [0.05, 0.1) is 0 Å². The minimum Gasteiger partial charge on any atom is -0.0616 e. The molecule has 0 amide bonds. The molecule has 1 heteroatoms. The van der Waals surface area contributed by atoms with Gasteiger partial charge in [0, 0.05) is 8.41 Å². The lowest BCUT2D eigenvalue weighted by Gasteiger charge is -2.14. The Bertz CT molecular complexity index is 1030. The molecule has 124 valence electrons. The summed E-state index contributed by atoms with van der Waals surface area (Å²) in [7, 11) is -0.509. The highest BCUT2D eigenvalue weighted by atomic mass is 28.2. The van der Waals surface area contributed by atoms with E-state index in [0.717, 1.165) is 0 Å². The summed E-state index contributed by atoms with van der Waals surface area (Å²) < 4.78 is 0. The van der Waals surface area contributed by atoms with Crippen LogP contribution in [0.2, 0.25) is 13.1 Å². The van der Waals surface area contributed by atoms with Gasteiger partial charge < -0.3 is 0 Å². The van der Waals surface area contributed by atoms with Crippen molar-refractivity contribution in [3.05, 3.63) is 77.4 Å². The normalized spacial score (nSPS) is 13.3. The zero-order chi connectivity index (χ0) is 17.6. The lowest BCUT2D eigenvalue weighted by molar-refractivity contribution is 0.812. The zero-order valence-electron chi connectivity index (χ0n) is 15.4. The Balaban J connectivity index is 2.03. The average Bonchev–Trinajstić information content (AvgIpc) is 3.01. The zero-order valence-corrected chi connectivity index (χ0v) is 16.4. The maximum atomic E-state index is 2.46. The molecule has 1 aliphatic rings. The number of rotatable bonds is 2. The number of benzene rings is 3. The molecule has 0 aliphatic heterocycles. The van der Waals surface area contributed by atoms with Crippen LogP contribution < -0.4 is 0 Å². The molecule has 0 atom stereocenters. The summed E-state index contributed by atoms with van der Waals surface area (Å²) in [6.07, 6.45) is 2.46. The fourth-order valence-electron chi connectivity index (χ4n) is 4.03. The first-order chi connectivity index (χ1) is 12.1. The van der Waals surface area contributed by atoms with Crippen LogP contribution in [0, 0.1) is 5.92 Å². The average molecular weight is 341 g/mol. The summed E-state index contributed by atoms with van der Waals surface area (Å²) in [5, 5.41) is 4.27. The van der Waals surface area contributed by atoms with Gasteiger partial charge in [-0.05, 0) is 49.7 Å². The van der Waals surface area contributed by atoms with E-state index in [9.17, 15) is 0 Å². The first-order valence-electron chi connectivity index (χ1n) is 9.09. The van der Waals surface area contributed by atoms with Crippen LogP contribution in [-0.2, 0) is 0 Å². The van der Waals surface area contributed by atoms with Crippen molar-refractivity contribution < 1.29 is 0 Å². The van der Waals surface area contributed by atoms with E-state index >= 15 is 0 Å². The second-order valence-electron chi connectivity index (χ2n) is 7.42. The van der Waals surface area contributed by atoms with Gasteiger partial charge in [-0.15, -0.1) is 0 Å². The van der Waals surface area contributed by atoms with Crippen LogP contribution in [0.15, 0.2) is 66.2 Å². The van der Waals surface area contributed by atoms with Crippen LogP contribution >= 0.6 is 0 Å². The van der Waals surface area contributed by atoms with Crippen molar-refractivity contribution in [2.45, 2.75) is 26.9 Å². The molecule has 0 unspecified atom stereocenters. The summed E-state index contributed by atoms with van der Waals surface area (Å²) in [6, 6.07) is 22.2. The van der Waals surface area contributed by atoms with E-state index < -0.39 is 8.41 Å². The monoisotopic (exact) mass is 340 g/mol. The van der Waals surface area contributed by atoms with Crippen molar-refractivity contribution in [3.63, 3.8) is 0 Å². The third-order valence-corrected chi connectivity index (χ3v) is 6.72. The molecule has 0 saturated carbocycles. The smallest absolute Gasteiger partial charge is 0.0140 e. The van der Waals surface area contributed by atoms with E-state index in [1.807, 2.05) is 0 Å². The van der Waals surface area contributed by atoms with Crippen molar-refractivity contribution in [3.8, 4) is 11.1 Å². The SMILES string of the molecule is CC(C)C1=Cc2c(cccc2-c2cccc3ccccc23)C1=[Si](C)C. The predicted octanol–water partition coefficient (Wildman–Crippen LogP) is 6.42. The number of allylic oxidation sites excluding steroid dienone is 1. The quantitative estimate of drug-likeness (QED) is 0.472. The molecule has 0 spiro atoms. The summed E-state index contributed by atoms with van der Waals surface area (Å²) >= 11 is 0. The second-order valence-corrected chi connectivity index (χ2v) is 9.92. The third kappa shape index (κ3) is 2.63. The highest BCUT2D eigenvalue weighted by Crippen LogP contribution is 2.38. The maximum absolute atomic E-state index is 2.46. The molecule has 0 nitrogen and oxygen atoms in total. The molecule has 0 radical (unpaired) electrons. The lowest BCUT2D eigenvalue weighted by Crippen LogP contribution is -2.15. The molecule has 0 bridgehead atoms. The van der Waals surface area contributed by atoms with Crippen LogP contribution in [0.25, 0.3) is 28.0 Å². The van der Waals surface area contributed by atoms with Gasteiger partial charge in [0.2, 0.25) is 0 Å². The highest BCUT2D eigenvalue weighted by Gasteiger charge is 2.24. The van der Waals surface area contributed by atoms with E-state index in [0.29, 0.717) is 5.92 Å². The van der Waals surface area contributed by atoms with Gasteiger partial charge in [-0.2, -0.15) is 0 Å². The van der Waals surface area contributed by atoms with Crippen molar-refractivity contribution >= 4 is 30.4 Å². The van der Waals surface area contributed by atoms with Crippen molar-refractivity contribution in [1.82, 2.24) is 0 Å². The molecule has 0 heterocycles. The van der Waals surface area contributed by atoms with Gasteiger partial charge >= 0.3 is 0 Å². The maximum Gasteiger partial charge on any atom is 0.0140 e. The molecule has 4 rings (SSSR count). The largest absolute Gasteiger partial charge is 0.0616 e. The van der Waals surface area contributed by atoms with E-state index in [1.165, 1.54) is 33.0 Å². The van der Waals surface area contributed by atoms with Gasteiger partial charge in [-0.1, -0.05) is 93.7 Å². The fraction of sp³-hybridized carbons (Fsp3) is 0.208. The van der Waals surface area contributed by atoms with Crippen LogP contribution in [0.1, 0.15) is 25.0 Å². The van der Waals surface area contributed by atoms with Crippen molar-refractivity contribution in [2.24, 2.45) is 5.92 Å². The van der Waals surface area contributed by atoms with E-state index in [2.05, 4.69) is 93.7 Å². The van der Waals surface area contributed by atoms with Gasteiger partial charge in [0.15, 0.2) is 0 Å². The van der Waals surface area contributed by atoms with E-state index in [-0.39, 0.29) is 0 Å². The van der Waals surface area contributed by atoms with Gasteiger partial charge in [0.25, 0.3) is 0 Å². The van der Waals surface area contributed by atoms with Gasteiger partial charge in [-0.3, -0.25) is 0 Å². The molecule has 3 aromatic rings. The standard InChI is InChI=1S/C24H24Si/c1-16(2)22-15-23-20(13-8-14-21(23)24(22)25(3)4)19-12-7-10-17-9-5-6-11-18(17)19/h5-16H,1-4H3. The second kappa shape index (κ2) is 6.23. The van der Waals surface area contributed by atoms with Crippen LogP contribution in [0.5, 0.6) is 0 Å². The minimum absolute atomic E-state index is 0.509. The topological polar surface area (TPSA) is 0 Å². The predicted molar refractivity (Wildman–Crippen MR) is 114 cm³/mol. The number of fused-ring (bicyclic) bond motifs is 2. The van der Waals surface area contributed by atoms with Crippen LogP contribution in [-0.4, -0.2) is 13.6 Å². The highest BCUT2D eigenvalue weighted by molar-refractivity contribution is 6.75. The molecular weight excluding hydrogens is 316 g/mol. The first-order valence-corrected chi connectivity index (χ1v) is 11.6. The van der Waals surface area contributed by atoms with Gasteiger partial charge in [-0.25, -0.2) is 0 Å². The Hall–Kier alpha value is -2.25.